The van der Waals surface area contributed by atoms with Crippen molar-refractivity contribution in [2.24, 2.45) is 5.92 Å². The Morgan fingerprint density at radius 3 is 2.62 bits per heavy atom. The maximum atomic E-state index is 9.74. The zero-order chi connectivity index (χ0) is 18.5. The number of aliphatic hydroxyl groups excluding tert-OH is 1. The monoisotopic (exact) mass is 350 g/mol. The number of fused-ring (bicyclic) bond motifs is 1. The Bertz CT molecular complexity index is 869. The van der Waals surface area contributed by atoms with Crippen LogP contribution in [0.15, 0.2) is 65.7 Å². The Labute approximate surface area is 154 Å². The van der Waals surface area contributed by atoms with Crippen molar-refractivity contribution in [2.45, 2.75) is 32.4 Å². The number of nitrogens with zero attached hydrogens (tertiary/aromatic N) is 1. The summed E-state index contributed by atoms with van der Waals surface area (Å²) >= 11 is 0. The van der Waals surface area contributed by atoms with Gasteiger partial charge in [0.2, 0.25) is 0 Å². The second-order valence-electron chi connectivity index (χ2n) is 6.89. The average molecular weight is 350 g/mol. The highest BCUT2D eigenvalue weighted by molar-refractivity contribution is 5.92. The van der Waals surface area contributed by atoms with E-state index in [2.05, 4.69) is 43.0 Å². The van der Waals surface area contributed by atoms with E-state index in [0.717, 1.165) is 34.2 Å². The third kappa shape index (κ3) is 3.71. The van der Waals surface area contributed by atoms with Gasteiger partial charge in [-0.15, -0.1) is 6.58 Å². The topological polar surface area (TPSA) is 58.3 Å². The molecule has 0 fully saturated rings. The molecular weight excluding hydrogens is 324 g/mol. The SMILES string of the molecule is C=CC[C@H](N[C@H](CO)C(C)C)c1ccccc1-c1noc2ccccc12. The van der Waals surface area contributed by atoms with Crippen molar-refractivity contribution >= 4 is 11.0 Å². The lowest BCUT2D eigenvalue weighted by molar-refractivity contribution is 0.199. The van der Waals surface area contributed by atoms with Crippen LogP contribution in [0, 0.1) is 5.92 Å². The van der Waals surface area contributed by atoms with Gasteiger partial charge in [-0.1, -0.05) is 61.5 Å². The molecule has 0 spiro atoms. The minimum absolute atomic E-state index is 0.0158. The van der Waals surface area contributed by atoms with Crippen LogP contribution in [0.2, 0.25) is 0 Å². The molecule has 0 saturated carbocycles. The number of rotatable bonds is 8. The fourth-order valence-electron chi connectivity index (χ4n) is 3.26. The molecular formula is C22H26N2O2. The van der Waals surface area contributed by atoms with Crippen molar-refractivity contribution in [1.82, 2.24) is 10.5 Å². The van der Waals surface area contributed by atoms with Crippen LogP contribution >= 0.6 is 0 Å². The molecule has 0 aliphatic heterocycles. The first-order chi connectivity index (χ1) is 12.7. The quantitative estimate of drug-likeness (QED) is 0.577. The van der Waals surface area contributed by atoms with Gasteiger partial charge in [0.15, 0.2) is 5.58 Å². The zero-order valence-electron chi connectivity index (χ0n) is 15.4. The molecule has 0 amide bonds. The van der Waals surface area contributed by atoms with E-state index in [4.69, 9.17) is 4.52 Å². The van der Waals surface area contributed by atoms with Crippen LogP contribution in [0.25, 0.3) is 22.2 Å². The van der Waals surface area contributed by atoms with Crippen molar-refractivity contribution in [2.75, 3.05) is 6.61 Å². The fraction of sp³-hybridized carbons (Fsp3) is 0.318. The molecule has 0 aliphatic carbocycles. The number of para-hydroxylation sites is 1. The van der Waals surface area contributed by atoms with Gasteiger partial charge in [0.1, 0.15) is 5.69 Å². The molecule has 26 heavy (non-hydrogen) atoms. The van der Waals surface area contributed by atoms with Gasteiger partial charge in [-0.2, -0.15) is 0 Å². The van der Waals surface area contributed by atoms with Crippen LogP contribution in [0.3, 0.4) is 0 Å². The van der Waals surface area contributed by atoms with Gasteiger partial charge in [-0.3, -0.25) is 0 Å². The number of hydrogen-bond donors (Lipinski definition) is 2. The van der Waals surface area contributed by atoms with Crippen molar-refractivity contribution in [3.8, 4) is 11.3 Å². The van der Waals surface area contributed by atoms with E-state index in [1.54, 1.807) is 0 Å². The Kier molecular flexibility index (Phi) is 5.86. The van der Waals surface area contributed by atoms with Gasteiger partial charge in [-0.05, 0) is 30.0 Å². The molecule has 0 radical (unpaired) electrons. The molecule has 1 heterocycles. The molecule has 0 aliphatic rings. The molecule has 0 unspecified atom stereocenters. The normalized spacial score (nSPS) is 13.8. The first-order valence-corrected chi connectivity index (χ1v) is 9.07. The largest absolute Gasteiger partial charge is 0.395 e. The molecule has 4 nitrogen and oxygen atoms in total. The first kappa shape index (κ1) is 18.4. The van der Waals surface area contributed by atoms with E-state index in [-0.39, 0.29) is 18.7 Å². The molecule has 2 aromatic carbocycles. The van der Waals surface area contributed by atoms with Gasteiger partial charge in [0.05, 0.1) is 6.61 Å². The summed E-state index contributed by atoms with van der Waals surface area (Å²) in [7, 11) is 0. The van der Waals surface area contributed by atoms with E-state index in [1.165, 1.54) is 0 Å². The Morgan fingerprint density at radius 1 is 1.15 bits per heavy atom. The third-order valence-corrected chi connectivity index (χ3v) is 4.79. The number of hydrogen-bond acceptors (Lipinski definition) is 4. The second kappa shape index (κ2) is 8.30. The Balaban J connectivity index is 2.05. The lowest BCUT2D eigenvalue weighted by Gasteiger charge is -2.28. The molecule has 3 rings (SSSR count). The molecule has 3 aromatic rings. The Morgan fingerprint density at radius 2 is 1.88 bits per heavy atom. The Hall–Kier alpha value is -2.43. The maximum absolute atomic E-state index is 9.74. The lowest BCUT2D eigenvalue weighted by atomic mass is 9.93. The summed E-state index contributed by atoms with van der Waals surface area (Å²) in [6.45, 7) is 8.22. The summed E-state index contributed by atoms with van der Waals surface area (Å²) in [5.74, 6) is 0.326. The number of aromatic nitrogens is 1. The fourth-order valence-corrected chi connectivity index (χ4v) is 3.26. The summed E-state index contributed by atoms with van der Waals surface area (Å²) < 4.78 is 5.51. The maximum Gasteiger partial charge on any atom is 0.167 e. The molecule has 1 aromatic heterocycles. The molecule has 0 saturated heterocycles. The van der Waals surface area contributed by atoms with Crippen molar-refractivity contribution in [1.29, 1.82) is 0 Å². The summed E-state index contributed by atoms with van der Waals surface area (Å²) in [6.07, 6.45) is 2.67. The first-order valence-electron chi connectivity index (χ1n) is 9.07. The van der Waals surface area contributed by atoms with Crippen LogP contribution < -0.4 is 5.32 Å². The highest BCUT2D eigenvalue weighted by Crippen LogP contribution is 2.34. The molecule has 2 N–H and O–H groups in total. The van der Waals surface area contributed by atoms with Crippen molar-refractivity contribution in [3.05, 3.63) is 66.7 Å². The standard InChI is InChI=1S/C22H26N2O2/c1-4-9-19(23-20(14-25)15(2)3)16-10-5-6-11-17(16)22-18-12-7-8-13-21(18)26-24-22/h4-8,10-13,15,19-20,23,25H,1,9,14H2,2-3H3/t19-,20+/m0/s1. The van der Waals surface area contributed by atoms with Gasteiger partial charge < -0.3 is 14.9 Å². The van der Waals surface area contributed by atoms with E-state index in [0.29, 0.717) is 5.92 Å². The highest BCUT2D eigenvalue weighted by Gasteiger charge is 2.22. The van der Waals surface area contributed by atoms with Crippen LogP contribution in [0.5, 0.6) is 0 Å². The summed E-state index contributed by atoms with van der Waals surface area (Å²) in [4.78, 5) is 0. The summed E-state index contributed by atoms with van der Waals surface area (Å²) in [6, 6.07) is 16.2. The second-order valence-corrected chi connectivity index (χ2v) is 6.89. The number of nitrogens with one attached hydrogen (secondary N) is 1. The van der Waals surface area contributed by atoms with Gasteiger partial charge in [0, 0.05) is 23.0 Å². The smallest absolute Gasteiger partial charge is 0.167 e. The summed E-state index contributed by atoms with van der Waals surface area (Å²) in [5, 5.41) is 18.7. The van der Waals surface area contributed by atoms with Gasteiger partial charge >= 0.3 is 0 Å². The van der Waals surface area contributed by atoms with Crippen molar-refractivity contribution in [3.63, 3.8) is 0 Å². The molecule has 4 heteroatoms. The van der Waals surface area contributed by atoms with E-state index >= 15 is 0 Å². The van der Waals surface area contributed by atoms with Crippen LogP contribution in [0.1, 0.15) is 31.9 Å². The zero-order valence-corrected chi connectivity index (χ0v) is 15.4. The summed E-state index contributed by atoms with van der Waals surface area (Å²) in [5.41, 5.74) is 3.79. The highest BCUT2D eigenvalue weighted by atomic mass is 16.5. The lowest BCUT2D eigenvalue weighted by Crippen LogP contribution is -2.39. The van der Waals surface area contributed by atoms with Gasteiger partial charge in [-0.25, -0.2) is 0 Å². The van der Waals surface area contributed by atoms with Crippen molar-refractivity contribution < 1.29 is 9.63 Å². The minimum Gasteiger partial charge on any atom is -0.395 e. The molecule has 0 bridgehead atoms. The van der Waals surface area contributed by atoms with Crippen LogP contribution in [-0.4, -0.2) is 22.9 Å². The van der Waals surface area contributed by atoms with Gasteiger partial charge in [0.25, 0.3) is 0 Å². The predicted octanol–water partition coefficient (Wildman–Crippen LogP) is 4.72. The predicted molar refractivity (Wildman–Crippen MR) is 106 cm³/mol. The average Bonchev–Trinajstić information content (AvgIpc) is 3.09. The minimum atomic E-state index is 0.0158. The van der Waals surface area contributed by atoms with Crippen LogP contribution in [0.4, 0.5) is 0 Å². The molecule has 136 valence electrons. The number of aliphatic hydroxyl groups is 1. The van der Waals surface area contributed by atoms with Crippen LogP contribution in [-0.2, 0) is 0 Å². The number of benzene rings is 2. The third-order valence-electron chi connectivity index (χ3n) is 4.79. The van der Waals surface area contributed by atoms with E-state index < -0.39 is 0 Å². The van der Waals surface area contributed by atoms with E-state index in [9.17, 15) is 5.11 Å². The molecule has 2 atom stereocenters. The van der Waals surface area contributed by atoms with E-state index in [1.807, 2.05) is 42.5 Å².